The fraction of sp³-hybridized carbons (Fsp3) is 0.231. The van der Waals surface area contributed by atoms with Gasteiger partial charge in [0.25, 0.3) is 0 Å². The van der Waals surface area contributed by atoms with Crippen LogP contribution in [0.4, 0.5) is 0 Å². The molecule has 1 N–H and O–H groups in total. The number of carbonyl (C=O) groups is 1. The van der Waals surface area contributed by atoms with E-state index in [9.17, 15) is 9.59 Å². The van der Waals surface area contributed by atoms with E-state index < -0.39 is 5.97 Å². The lowest BCUT2D eigenvalue weighted by atomic mass is 10.1. The molecule has 0 bridgehead atoms. The van der Waals surface area contributed by atoms with Gasteiger partial charge in [0, 0.05) is 23.9 Å². The van der Waals surface area contributed by atoms with Crippen molar-refractivity contribution in [3.8, 4) is 11.3 Å². The van der Waals surface area contributed by atoms with Crippen molar-refractivity contribution in [2.75, 3.05) is 0 Å². The SMILES string of the molecule is O=C(O)CCCn1c(-c2ccc(Cl)c(Cl)c2)csc1=O. The first-order chi connectivity index (χ1) is 9.49. The molecule has 0 saturated carbocycles. The van der Waals surface area contributed by atoms with Gasteiger partial charge >= 0.3 is 10.8 Å². The monoisotopic (exact) mass is 331 g/mol. The van der Waals surface area contributed by atoms with Crippen molar-refractivity contribution in [2.45, 2.75) is 19.4 Å². The highest BCUT2D eigenvalue weighted by Crippen LogP contribution is 2.28. The third kappa shape index (κ3) is 3.42. The van der Waals surface area contributed by atoms with E-state index in [1.165, 1.54) is 0 Å². The summed E-state index contributed by atoms with van der Waals surface area (Å²) in [7, 11) is 0. The Morgan fingerprint density at radius 1 is 1.30 bits per heavy atom. The molecule has 0 atom stereocenters. The van der Waals surface area contributed by atoms with Crippen molar-refractivity contribution in [3.63, 3.8) is 0 Å². The van der Waals surface area contributed by atoms with Crippen LogP contribution in [0.15, 0.2) is 28.4 Å². The summed E-state index contributed by atoms with van der Waals surface area (Å²) < 4.78 is 1.56. The number of benzene rings is 1. The average Bonchev–Trinajstić information content (AvgIpc) is 2.74. The Morgan fingerprint density at radius 3 is 2.70 bits per heavy atom. The van der Waals surface area contributed by atoms with Gasteiger partial charge in [0.2, 0.25) is 0 Å². The smallest absolute Gasteiger partial charge is 0.307 e. The molecule has 0 aliphatic carbocycles. The molecule has 0 amide bonds. The van der Waals surface area contributed by atoms with Crippen molar-refractivity contribution >= 4 is 40.5 Å². The first-order valence-corrected chi connectivity index (χ1v) is 7.48. The number of halogens is 2. The second-order valence-electron chi connectivity index (χ2n) is 4.16. The summed E-state index contributed by atoms with van der Waals surface area (Å²) in [4.78, 5) is 22.2. The fourth-order valence-corrected chi connectivity index (χ4v) is 2.90. The van der Waals surface area contributed by atoms with Gasteiger partial charge in [-0.2, -0.15) is 0 Å². The lowest BCUT2D eigenvalue weighted by Gasteiger charge is -2.08. The second kappa shape index (κ2) is 6.43. The molecular weight excluding hydrogens is 321 g/mol. The molecule has 0 aliphatic heterocycles. The fourth-order valence-electron chi connectivity index (χ4n) is 1.81. The van der Waals surface area contributed by atoms with E-state index in [1.807, 2.05) is 0 Å². The van der Waals surface area contributed by atoms with Gasteiger partial charge < -0.3 is 5.11 Å². The van der Waals surface area contributed by atoms with Crippen molar-refractivity contribution in [3.05, 3.63) is 43.3 Å². The highest BCUT2D eigenvalue weighted by molar-refractivity contribution is 7.07. The normalized spacial score (nSPS) is 10.7. The number of hydrogen-bond donors (Lipinski definition) is 1. The van der Waals surface area contributed by atoms with Crippen LogP contribution in [-0.4, -0.2) is 15.6 Å². The van der Waals surface area contributed by atoms with Gasteiger partial charge in [-0.3, -0.25) is 14.2 Å². The molecule has 20 heavy (non-hydrogen) atoms. The summed E-state index contributed by atoms with van der Waals surface area (Å²) >= 11 is 12.9. The molecule has 1 heterocycles. The Balaban J connectivity index is 2.30. The number of carboxylic acids is 1. The molecule has 0 fully saturated rings. The molecule has 106 valence electrons. The Bertz CT molecular complexity index is 693. The zero-order valence-corrected chi connectivity index (χ0v) is 12.6. The number of aromatic nitrogens is 1. The molecule has 0 unspecified atom stereocenters. The van der Waals surface area contributed by atoms with Gasteiger partial charge in [0.05, 0.1) is 15.7 Å². The number of thiazole rings is 1. The summed E-state index contributed by atoms with van der Waals surface area (Å²) in [5.74, 6) is -0.871. The van der Waals surface area contributed by atoms with Crippen molar-refractivity contribution in [2.24, 2.45) is 0 Å². The number of carboxylic acid groups (broad SMARTS) is 1. The maximum atomic E-state index is 11.8. The summed E-state index contributed by atoms with van der Waals surface area (Å²) in [6.45, 7) is 0.365. The van der Waals surface area contributed by atoms with E-state index in [0.717, 1.165) is 22.6 Å². The van der Waals surface area contributed by atoms with Crippen LogP contribution in [0.25, 0.3) is 11.3 Å². The first kappa shape index (κ1) is 15.1. The molecule has 0 spiro atoms. The molecular formula is C13H11Cl2NO3S. The molecule has 1 aromatic heterocycles. The highest BCUT2D eigenvalue weighted by atomic mass is 35.5. The van der Waals surface area contributed by atoms with Crippen molar-refractivity contribution in [1.82, 2.24) is 4.57 Å². The van der Waals surface area contributed by atoms with Crippen molar-refractivity contribution < 1.29 is 9.90 Å². The lowest BCUT2D eigenvalue weighted by Crippen LogP contribution is -2.15. The lowest BCUT2D eigenvalue weighted by molar-refractivity contribution is -0.137. The molecule has 0 aliphatic rings. The van der Waals surface area contributed by atoms with Crippen LogP contribution in [0.3, 0.4) is 0 Å². The van der Waals surface area contributed by atoms with Crippen LogP contribution in [0.1, 0.15) is 12.8 Å². The quantitative estimate of drug-likeness (QED) is 0.907. The number of hydrogen-bond acceptors (Lipinski definition) is 3. The van der Waals surface area contributed by atoms with E-state index in [1.54, 1.807) is 28.1 Å². The van der Waals surface area contributed by atoms with E-state index in [4.69, 9.17) is 28.3 Å². The van der Waals surface area contributed by atoms with E-state index in [2.05, 4.69) is 0 Å². The largest absolute Gasteiger partial charge is 0.481 e. The van der Waals surface area contributed by atoms with E-state index in [-0.39, 0.29) is 11.3 Å². The Labute approximate surface area is 129 Å². The topological polar surface area (TPSA) is 59.3 Å². The second-order valence-corrected chi connectivity index (χ2v) is 5.80. The molecule has 7 heteroatoms. The Hall–Kier alpha value is -1.30. The van der Waals surface area contributed by atoms with Gasteiger partial charge in [-0.1, -0.05) is 40.6 Å². The predicted molar refractivity (Wildman–Crippen MR) is 80.9 cm³/mol. The zero-order valence-electron chi connectivity index (χ0n) is 10.3. The maximum Gasteiger partial charge on any atom is 0.307 e. The highest BCUT2D eigenvalue weighted by Gasteiger charge is 2.11. The summed E-state index contributed by atoms with van der Waals surface area (Å²) in [5.41, 5.74) is 1.51. The Kier molecular flexibility index (Phi) is 4.86. The standard InChI is InChI=1S/C13H11Cl2NO3S/c14-9-4-3-8(6-10(9)15)11-7-20-13(19)16(11)5-1-2-12(17)18/h3-4,6-7H,1-2,5H2,(H,17,18). The van der Waals surface area contributed by atoms with Gasteiger partial charge in [0.1, 0.15) is 0 Å². The van der Waals surface area contributed by atoms with Crippen molar-refractivity contribution in [1.29, 1.82) is 0 Å². The number of nitrogens with zero attached hydrogens (tertiary/aromatic N) is 1. The van der Waals surface area contributed by atoms with E-state index in [0.29, 0.717) is 23.0 Å². The zero-order chi connectivity index (χ0) is 14.7. The van der Waals surface area contributed by atoms with Crippen LogP contribution in [0.5, 0.6) is 0 Å². The minimum atomic E-state index is -0.871. The number of rotatable bonds is 5. The van der Waals surface area contributed by atoms with Gasteiger partial charge in [-0.15, -0.1) is 0 Å². The molecule has 2 rings (SSSR count). The molecule has 1 aromatic carbocycles. The molecule has 0 radical (unpaired) electrons. The third-order valence-electron chi connectivity index (χ3n) is 2.77. The minimum absolute atomic E-state index is 0.0309. The summed E-state index contributed by atoms with van der Waals surface area (Å²) in [6, 6.07) is 5.14. The Morgan fingerprint density at radius 2 is 2.05 bits per heavy atom. The van der Waals surface area contributed by atoms with Gasteiger partial charge in [0.15, 0.2) is 0 Å². The summed E-state index contributed by atoms with van der Waals surface area (Å²) in [6.07, 6.45) is 0.434. The average molecular weight is 332 g/mol. The van der Waals surface area contributed by atoms with Gasteiger partial charge in [-0.25, -0.2) is 0 Å². The van der Waals surface area contributed by atoms with Crippen LogP contribution in [-0.2, 0) is 11.3 Å². The predicted octanol–water partition coefficient (Wildman–Crippen LogP) is 3.75. The molecule has 2 aromatic rings. The van der Waals surface area contributed by atoms with E-state index >= 15 is 0 Å². The van der Waals surface area contributed by atoms with Gasteiger partial charge in [-0.05, 0) is 18.6 Å². The third-order valence-corrected chi connectivity index (χ3v) is 4.27. The molecule has 0 saturated heterocycles. The first-order valence-electron chi connectivity index (χ1n) is 5.84. The number of aliphatic carboxylic acids is 1. The van der Waals surface area contributed by atoms with Crippen LogP contribution < -0.4 is 4.87 Å². The molecule has 4 nitrogen and oxygen atoms in total. The summed E-state index contributed by atoms with van der Waals surface area (Å²) in [5, 5.41) is 11.3. The van der Waals surface area contributed by atoms with Crippen LogP contribution >= 0.6 is 34.5 Å². The van der Waals surface area contributed by atoms with Crippen LogP contribution in [0, 0.1) is 0 Å². The van der Waals surface area contributed by atoms with Crippen LogP contribution in [0.2, 0.25) is 10.0 Å². The maximum absolute atomic E-state index is 11.8. The minimum Gasteiger partial charge on any atom is -0.481 e.